The van der Waals surface area contributed by atoms with Gasteiger partial charge in [0.05, 0.1) is 28.9 Å². The van der Waals surface area contributed by atoms with Gasteiger partial charge in [-0.25, -0.2) is 14.1 Å². The Bertz CT molecular complexity index is 1630. The van der Waals surface area contributed by atoms with Gasteiger partial charge in [0, 0.05) is 24.4 Å². The van der Waals surface area contributed by atoms with E-state index in [1.54, 1.807) is 22.9 Å². The van der Waals surface area contributed by atoms with E-state index in [0.717, 1.165) is 29.6 Å². The van der Waals surface area contributed by atoms with E-state index in [1.165, 1.54) is 6.07 Å². The predicted octanol–water partition coefficient (Wildman–Crippen LogP) is 6.81. The van der Waals surface area contributed by atoms with Crippen molar-refractivity contribution in [2.45, 2.75) is 19.8 Å². The van der Waals surface area contributed by atoms with Gasteiger partial charge < -0.3 is 9.30 Å². The molecule has 0 aliphatic heterocycles. The quantitative estimate of drug-likeness (QED) is 0.177. The Hall–Kier alpha value is -4.70. The third-order valence-electron chi connectivity index (χ3n) is 6.17. The number of nitriles is 1. The summed E-state index contributed by atoms with van der Waals surface area (Å²) in [5.74, 6) is 0.316. The molecule has 0 saturated carbocycles. The van der Waals surface area contributed by atoms with Crippen LogP contribution >= 0.6 is 0 Å². The number of benzene rings is 3. The first-order valence-electron chi connectivity index (χ1n) is 12.2. The largest absolute Gasteiger partial charge is 0.491 e. The van der Waals surface area contributed by atoms with Crippen LogP contribution in [-0.2, 0) is 7.05 Å². The molecular formula is C30H26FN5O. The average molecular weight is 492 g/mol. The molecule has 2 heterocycles. The minimum atomic E-state index is -0.450. The van der Waals surface area contributed by atoms with Crippen molar-refractivity contribution in [2.24, 2.45) is 7.05 Å². The molecule has 3 aromatic carbocycles. The zero-order valence-corrected chi connectivity index (χ0v) is 20.7. The molecule has 5 aromatic rings. The number of imidazole rings is 1. The maximum absolute atomic E-state index is 14.9. The topological polar surface area (TPSA) is 68.7 Å². The highest BCUT2D eigenvalue weighted by Gasteiger charge is 2.17. The number of hydrogen-bond donors (Lipinski definition) is 0. The molecule has 0 amide bonds. The van der Waals surface area contributed by atoms with Crippen molar-refractivity contribution in [3.05, 3.63) is 96.2 Å². The lowest BCUT2D eigenvalue weighted by molar-refractivity contribution is 0.294. The van der Waals surface area contributed by atoms with Gasteiger partial charge in [-0.15, -0.1) is 0 Å². The van der Waals surface area contributed by atoms with Crippen LogP contribution in [0.25, 0.3) is 39.6 Å². The highest BCUT2D eigenvalue weighted by Crippen LogP contribution is 2.31. The van der Waals surface area contributed by atoms with Gasteiger partial charge in [0.25, 0.3) is 0 Å². The number of unbranched alkanes of at least 4 members (excludes halogenated alkanes) is 1. The van der Waals surface area contributed by atoms with Gasteiger partial charge in [-0.3, -0.25) is 0 Å². The van der Waals surface area contributed by atoms with E-state index in [1.807, 2.05) is 72.4 Å². The van der Waals surface area contributed by atoms with E-state index >= 15 is 0 Å². The average Bonchev–Trinajstić information content (AvgIpc) is 3.50. The van der Waals surface area contributed by atoms with Crippen LogP contribution in [0, 0.1) is 17.1 Å². The Labute approximate surface area is 214 Å². The first-order valence-corrected chi connectivity index (χ1v) is 12.2. The first kappa shape index (κ1) is 24.0. The Morgan fingerprint density at radius 2 is 1.86 bits per heavy atom. The second kappa shape index (κ2) is 10.5. The Balaban J connectivity index is 1.62. The third kappa shape index (κ3) is 4.87. The van der Waals surface area contributed by atoms with Crippen LogP contribution in [0.3, 0.4) is 0 Å². The molecular weight excluding hydrogens is 465 g/mol. The minimum absolute atomic E-state index is 0.217. The summed E-state index contributed by atoms with van der Waals surface area (Å²) in [6.07, 6.45) is 5.43. The monoisotopic (exact) mass is 491 g/mol. The number of rotatable bonds is 8. The van der Waals surface area contributed by atoms with Crippen LogP contribution < -0.4 is 4.74 Å². The standard InChI is InChI=1S/C30H26FN5O/c1-3-4-16-37-28-15-14-21(18-25(28)31)29-23(20-36(34-29)24-10-6-5-7-11-24)17-22(19-32)30-33-26-12-8-9-13-27(26)35(30)2/h5-15,17-18,20H,3-4,16H2,1-2H3. The third-order valence-corrected chi connectivity index (χ3v) is 6.17. The highest BCUT2D eigenvalue weighted by atomic mass is 19.1. The molecule has 0 unspecified atom stereocenters. The molecule has 6 nitrogen and oxygen atoms in total. The van der Waals surface area contributed by atoms with Crippen molar-refractivity contribution < 1.29 is 9.13 Å². The molecule has 0 fully saturated rings. The van der Waals surface area contributed by atoms with Gasteiger partial charge in [-0.1, -0.05) is 43.7 Å². The smallest absolute Gasteiger partial charge is 0.165 e. The number of aryl methyl sites for hydroxylation is 1. The van der Waals surface area contributed by atoms with Gasteiger partial charge in [-0.05, 0) is 55.0 Å². The van der Waals surface area contributed by atoms with Crippen molar-refractivity contribution >= 4 is 22.7 Å². The molecule has 0 N–H and O–H groups in total. The molecule has 37 heavy (non-hydrogen) atoms. The fraction of sp³-hybridized carbons (Fsp3) is 0.167. The Morgan fingerprint density at radius 3 is 2.59 bits per heavy atom. The zero-order chi connectivity index (χ0) is 25.8. The van der Waals surface area contributed by atoms with Crippen molar-refractivity contribution in [1.29, 1.82) is 5.26 Å². The summed E-state index contributed by atoms with van der Waals surface area (Å²) < 4.78 is 24.2. The van der Waals surface area contributed by atoms with Crippen LogP contribution in [0.2, 0.25) is 0 Å². The van der Waals surface area contributed by atoms with Gasteiger partial charge >= 0.3 is 0 Å². The lowest BCUT2D eigenvalue weighted by Gasteiger charge is -2.08. The second-order valence-corrected chi connectivity index (χ2v) is 8.71. The lowest BCUT2D eigenvalue weighted by Crippen LogP contribution is -1.99. The number of hydrogen-bond acceptors (Lipinski definition) is 4. The molecule has 0 spiro atoms. The van der Waals surface area contributed by atoms with Crippen molar-refractivity contribution in [2.75, 3.05) is 6.61 Å². The highest BCUT2D eigenvalue weighted by molar-refractivity contribution is 5.93. The summed E-state index contributed by atoms with van der Waals surface area (Å²) >= 11 is 0. The first-order chi connectivity index (χ1) is 18.1. The normalized spacial score (nSPS) is 11.6. The van der Waals surface area contributed by atoms with E-state index in [2.05, 4.69) is 18.0 Å². The molecule has 0 aliphatic rings. The summed E-state index contributed by atoms with van der Waals surface area (Å²) in [6.45, 7) is 2.52. The lowest BCUT2D eigenvalue weighted by atomic mass is 10.1. The predicted molar refractivity (Wildman–Crippen MR) is 144 cm³/mol. The molecule has 0 radical (unpaired) electrons. The Kier molecular flexibility index (Phi) is 6.82. The van der Waals surface area contributed by atoms with E-state index in [9.17, 15) is 9.65 Å². The van der Waals surface area contributed by atoms with Gasteiger partial charge in [0.1, 0.15) is 11.8 Å². The molecule has 7 heteroatoms. The number of para-hydroxylation sites is 3. The van der Waals surface area contributed by atoms with Crippen LogP contribution in [-0.4, -0.2) is 25.9 Å². The molecule has 184 valence electrons. The zero-order valence-electron chi connectivity index (χ0n) is 20.7. The number of ether oxygens (including phenoxy) is 1. The molecule has 0 aliphatic carbocycles. The summed E-state index contributed by atoms with van der Waals surface area (Å²) in [7, 11) is 1.89. The number of aromatic nitrogens is 4. The van der Waals surface area contributed by atoms with Crippen molar-refractivity contribution in [1.82, 2.24) is 19.3 Å². The van der Waals surface area contributed by atoms with E-state index in [4.69, 9.17) is 9.84 Å². The summed E-state index contributed by atoms with van der Waals surface area (Å²) in [5, 5.41) is 14.9. The van der Waals surface area contributed by atoms with Crippen molar-refractivity contribution in [3.8, 4) is 28.8 Å². The maximum Gasteiger partial charge on any atom is 0.165 e. The minimum Gasteiger partial charge on any atom is -0.491 e. The summed E-state index contributed by atoms with van der Waals surface area (Å²) in [6, 6.07) is 24.5. The maximum atomic E-state index is 14.9. The van der Waals surface area contributed by atoms with Crippen LogP contribution in [0.4, 0.5) is 4.39 Å². The van der Waals surface area contributed by atoms with Crippen LogP contribution in [0.15, 0.2) is 79.0 Å². The number of fused-ring (bicyclic) bond motifs is 1. The Morgan fingerprint density at radius 1 is 1.08 bits per heavy atom. The number of nitrogens with zero attached hydrogens (tertiary/aromatic N) is 5. The van der Waals surface area contributed by atoms with Crippen LogP contribution in [0.5, 0.6) is 5.75 Å². The van der Waals surface area contributed by atoms with E-state index < -0.39 is 5.82 Å². The fourth-order valence-electron chi connectivity index (χ4n) is 4.21. The molecule has 5 rings (SSSR count). The summed E-state index contributed by atoms with van der Waals surface area (Å²) in [4.78, 5) is 4.68. The van der Waals surface area contributed by atoms with E-state index in [-0.39, 0.29) is 5.75 Å². The van der Waals surface area contributed by atoms with Crippen molar-refractivity contribution in [3.63, 3.8) is 0 Å². The van der Waals surface area contributed by atoms with Gasteiger partial charge in [0.2, 0.25) is 0 Å². The van der Waals surface area contributed by atoms with Gasteiger partial charge in [0.15, 0.2) is 17.4 Å². The second-order valence-electron chi connectivity index (χ2n) is 8.71. The van der Waals surface area contributed by atoms with Gasteiger partial charge in [-0.2, -0.15) is 10.4 Å². The number of halogens is 1. The SMILES string of the molecule is CCCCOc1ccc(-c2nn(-c3ccccc3)cc2C=C(C#N)c2nc3ccccc3n2C)cc1F. The fourth-order valence-corrected chi connectivity index (χ4v) is 4.21. The molecule has 0 bridgehead atoms. The molecule has 0 atom stereocenters. The van der Waals surface area contributed by atoms with E-state index in [0.29, 0.717) is 34.8 Å². The molecule has 2 aromatic heterocycles. The number of allylic oxidation sites excluding steroid dienone is 1. The summed E-state index contributed by atoms with van der Waals surface area (Å²) in [5.41, 5.74) is 4.78. The molecule has 0 saturated heterocycles. The van der Waals surface area contributed by atoms with Crippen LogP contribution in [0.1, 0.15) is 31.2 Å².